The lowest BCUT2D eigenvalue weighted by Gasteiger charge is -2.28. The van der Waals surface area contributed by atoms with E-state index in [1.165, 1.54) is 30.1 Å². The summed E-state index contributed by atoms with van der Waals surface area (Å²) in [6.07, 6.45) is 6.20. The lowest BCUT2D eigenvalue weighted by atomic mass is 9.81. The van der Waals surface area contributed by atoms with Crippen LogP contribution in [0.4, 0.5) is 5.82 Å². The molecule has 7 heteroatoms. The molecule has 0 spiro atoms. The quantitative estimate of drug-likeness (QED) is 0.864. The van der Waals surface area contributed by atoms with Gasteiger partial charge in [0.05, 0.1) is 0 Å². The Bertz CT molecular complexity index is 553. The van der Waals surface area contributed by atoms with Crippen LogP contribution in [-0.4, -0.2) is 24.7 Å². The highest BCUT2D eigenvalue weighted by atomic mass is 32.2. The molecule has 0 aliphatic heterocycles. The zero-order valence-electron chi connectivity index (χ0n) is 12.2. The SMILES string of the molecule is CCn1cc(S(=O)(=O)NCC2CCCCC2C)c(N)n1. The number of hydrogen-bond acceptors (Lipinski definition) is 4. The van der Waals surface area contributed by atoms with Gasteiger partial charge in [0.1, 0.15) is 4.90 Å². The molecular weight excluding hydrogens is 276 g/mol. The molecule has 1 aliphatic rings. The average molecular weight is 300 g/mol. The van der Waals surface area contributed by atoms with Crippen LogP contribution >= 0.6 is 0 Å². The number of anilines is 1. The summed E-state index contributed by atoms with van der Waals surface area (Å²) in [6, 6.07) is 0. The van der Waals surface area contributed by atoms with Gasteiger partial charge in [-0.15, -0.1) is 0 Å². The van der Waals surface area contributed by atoms with Crippen molar-refractivity contribution in [3.05, 3.63) is 6.20 Å². The topological polar surface area (TPSA) is 90.0 Å². The number of nitrogens with one attached hydrogen (secondary N) is 1. The Balaban J connectivity index is 2.05. The van der Waals surface area contributed by atoms with Gasteiger partial charge in [-0.3, -0.25) is 4.68 Å². The fourth-order valence-corrected chi connectivity index (χ4v) is 3.94. The van der Waals surface area contributed by atoms with E-state index >= 15 is 0 Å². The minimum Gasteiger partial charge on any atom is -0.381 e. The number of nitrogens with two attached hydrogens (primary N) is 1. The molecule has 6 nitrogen and oxygen atoms in total. The van der Waals surface area contributed by atoms with E-state index in [9.17, 15) is 8.42 Å². The third-order valence-electron chi connectivity index (χ3n) is 4.19. The Kier molecular flexibility index (Phi) is 4.70. The van der Waals surface area contributed by atoms with E-state index in [0.29, 0.717) is 24.9 Å². The van der Waals surface area contributed by atoms with E-state index in [0.717, 1.165) is 6.42 Å². The van der Waals surface area contributed by atoms with Crippen LogP contribution in [0, 0.1) is 11.8 Å². The van der Waals surface area contributed by atoms with Crippen LogP contribution in [0.5, 0.6) is 0 Å². The number of sulfonamides is 1. The first-order chi connectivity index (χ1) is 9.44. The summed E-state index contributed by atoms with van der Waals surface area (Å²) in [5.74, 6) is 1.05. The van der Waals surface area contributed by atoms with Gasteiger partial charge in [0, 0.05) is 19.3 Å². The minimum absolute atomic E-state index is 0.0658. The first-order valence-electron chi connectivity index (χ1n) is 7.26. The van der Waals surface area contributed by atoms with E-state index < -0.39 is 10.0 Å². The summed E-state index contributed by atoms with van der Waals surface area (Å²) in [6.45, 7) is 5.17. The Morgan fingerprint density at radius 2 is 2.15 bits per heavy atom. The van der Waals surface area contributed by atoms with E-state index in [1.54, 1.807) is 0 Å². The van der Waals surface area contributed by atoms with Crippen LogP contribution in [0.1, 0.15) is 39.5 Å². The predicted molar refractivity (Wildman–Crippen MR) is 78.6 cm³/mol. The van der Waals surface area contributed by atoms with Crippen molar-refractivity contribution in [1.82, 2.24) is 14.5 Å². The molecule has 0 radical (unpaired) electrons. The van der Waals surface area contributed by atoms with Gasteiger partial charge >= 0.3 is 0 Å². The normalized spacial score (nSPS) is 23.9. The third kappa shape index (κ3) is 3.32. The molecule has 20 heavy (non-hydrogen) atoms. The number of nitrogens with zero attached hydrogens (tertiary/aromatic N) is 2. The van der Waals surface area contributed by atoms with Crippen LogP contribution in [0.3, 0.4) is 0 Å². The fourth-order valence-electron chi connectivity index (χ4n) is 2.78. The third-order valence-corrected chi connectivity index (χ3v) is 5.63. The van der Waals surface area contributed by atoms with Crippen molar-refractivity contribution in [2.75, 3.05) is 12.3 Å². The highest BCUT2D eigenvalue weighted by Crippen LogP contribution is 2.29. The van der Waals surface area contributed by atoms with Crippen molar-refractivity contribution < 1.29 is 8.42 Å². The van der Waals surface area contributed by atoms with Crippen molar-refractivity contribution in [3.63, 3.8) is 0 Å². The second-order valence-electron chi connectivity index (χ2n) is 5.61. The van der Waals surface area contributed by atoms with Crippen molar-refractivity contribution >= 4 is 15.8 Å². The fraction of sp³-hybridized carbons (Fsp3) is 0.769. The van der Waals surface area contributed by atoms with E-state index in [-0.39, 0.29) is 10.7 Å². The summed E-state index contributed by atoms with van der Waals surface area (Å²) >= 11 is 0. The Labute approximate surface area is 120 Å². The van der Waals surface area contributed by atoms with Crippen LogP contribution in [0.2, 0.25) is 0 Å². The smallest absolute Gasteiger partial charge is 0.245 e. The van der Waals surface area contributed by atoms with Crippen LogP contribution in [-0.2, 0) is 16.6 Å². The van der Waals surface area contributed by atoms with Gasteiger partial charge in [-0.1, -0.05) is 26.2 Å². The first-order valence-corrected chi connectivity index (χ1v) is 8.75. The number of nitrogen functional groups attached to an aromatic ring is 1. The van der Waals surface area contributed by atoms with Gasteiger partial charge in [-0.05, 0) is 25.2 Å². The molecule has 2 atom stereocenters. The van der Waals surface area contributed by atoms with Gasteiger partial charge in [0.25, 0.3) is 0 Å². The zero-order chi connectivity index (χ0) is 14.8. The number of hydrogen-bond donors (Lipinski definition) is 2. The Morgan fingerprint density at radius 1 is 1.45 bits per heavy atom. The predicted octanol–water partition coefficient (Wildman–Crippen LogP) is 1.59. The van der Waals surface area contributed by atoms with Gasteiger partial charge in [0.2, 0.25) is 10.0 Å². The lowest BCUT2D eigenvalue weighted by molar-refractivity contribution is 0.257. The molecular formula is C13H24N4O2S. The first kappa shape index (κ1) is 15.3. The van der Waals surface area contributed by atoms with Crippen LogP contribution < -0.4 is 10.5 Å². The monoisotopic (exact) mass is 300 g/mol. The van der Waals surface area contributed by atoms with Gasteiger partial charge in [-0.2, -0.15) is 5.10 Å². The molecule has 114 valence electrons. The number of aryl methyl sites for hydroxylation is 1. The van der Waals surface area contributed by atoms with Gasteiger partial charge in [0.15, 0.2) is 5.82 Å². The average Bonchev–Trinajstić information content (AvgIpc) is 2.80. The Hall–Kier alpha value is -1.08. The molecule has 1 saturated carbocycles. The maximum atomic E-state index is 12.3. The molecule has 0 aromatic carbocycles. The van der Waals surface area contributed by atoms with Gasteiger partial charge in [-0.25, -0.2) is 13.1 Å². The number of aromatic nitrogens is 2. The molecule has 0 saturated heterocycles. The summed E-state index contributed by atoms with van der Waals surface area (Å²) in [7, 11) is -3.56. The largest absolute Gasteiger partial charge is 0.381 e. The summed E-state index contributed by atoms with van der Waals surface area (Å²) in [5.41, 5.74) is 5.69. The molecule has 2 unspecified atom stereocenters. The molecule has 3 N–H and O–H groups in total. The van der Waals surface area contributed by atoms with E-state index in [1.807, 2.05) is 6.92 Å². The molecule has 1 aliphatic carbocycles. The highest BCUT2D eigenvalue weighted by molar-refractivity contribution is 7.89. The summed E-state index contributed by atoms with van der Waals surface area (Å²) in [5, 5.41) is 3.98. The highest BCUT2D eigenvalue weighted by Gasteiger charge is 2.25. The maximum Gasteiger partial charge on any atom is 0.245 e. The van der Waals surface area contributed by atoms with Crippen LogP contribution in [0.25, 0.3) is 0 Å². The second-order valence-corrected chi connectivity index (χ2v) is 7.34. The minimum atomic E-state index is -3.56. The van der Waals surface area contributed by atoms with Crippen molar-refractivity contribution in [2.45, 2.75) is 51.0 Å². The van der Waals surface area contributed by atoms with Gasteiger partial charge < -0.3 is 5.73 Å². The Morgan fingerprint density at radius 3 is 2.75 bits per heavy atom. The zero-order valence-corrected chi connectivity index (χ0v) is 13.0. The molecule has 2 rings (SSSR count). The molecule has 1 fully saturated rings. The maximum absolute atomic E-state index is 12.3. The van der Waals surface area contributed by atoms with Crippen molar-refractivity contribution in [2.24, 2.45) is 11.8 Å². The second kappa shape index (κ2) is 6.13. The molecule has 0 bridgehead atoms. The molecule has 1 aromatic heterocycles. The molecule has 1 heterocycles. The molecule has 0 amide bonds. The summed E-state index contributed by atoms with van der Waals surface area (Å²) in [4.78, 5) is 0.0859. The molecule has 1 aromatic rings. The number of rotatable bonds is 5. The standard InChI is InChI=1S/C13H24N4O2S/c1-3-17-9-12(13(14)16-17)20(18,19)15-8-11-7-5-4-6-10(11)2/h9-11,15H,3-8H2,1-2H3,(H2,14,16). The van der Waals surface area contributed by atoms with E-state index in [4.69, 9.17) is 5.73 Å². The van der Waals surface area contributed by atoms with Crippen molar-refractivity contribution in [1.29, 1.82) is 0 Å². The lowest BCUT2D eigenvalue weighted by Crippen LogP contribution is -2.33. The van der Waals surface area contributed by atoms with Crippen LogP contribution in [0.15, 0.2) is 11.1 Å². The van der Waals surface area contributed by atoms with E-state index in [2.05, 4.69) is 16.7 Å². The van der Waals surface area contributed by atoms with Crippen molar-refractivity contribution in [3.8, 4) is 0 Å². The summed E-state index contributed by atoms with van der Waals surface area (Å²) < 4.78 is 28.8.